The first kappa shape index (κ1) is 15.4. The van der Waals surface area contributed by atoms with Gasteiger partial charge in [-0.3, -0.25) is 0 Å². The van der Waals surface area contributed by atoms with Crippen LogP contribution in [0.1, 0.15) is 38.4 Å². The molecule has 22 heavy (non-hydrogen) atoms. The van der Waals surface area contributed by atoms with Crippen molar-refractivity contribution in [3.8, 4) is 0 Å². The minimum absolute atomic E-state index is 0.232. The van der Waals surface area contributed by atoms with Crippen molar-refractivity contribution in [1.82, 2.24) is 24.9 Å². The van der Waals surface area contributed by atoms with Gasteiger partial charge in [-0.2, -0.15) is 0 Å². The SMILES string of the molecule is CCC(C)c1nc(Cl)c2cnc(N[C@@H]3CCNC[C@H]3F)nn12. The molecule has 1 saturated heterocycles. The number of alkyl halides is 1. The fraction of sp³-hybridized carbons (Fsp3) is 0.643. The molecule has 0 amide bonds. The van der Waals surface area contributed by atoms with Gasteiger partial charge >= 0.3 is 0 Å². The molecule has 3 atom stereocenters. The third kappa shape index (κ3) is 2.87. The first-order valence-electron chi connectivity index (χ1n) is 7.62. The summed E-state index contributed by atoms with van der Waals surface area (Å²) in [5.41, 5.74) is 0.671. The van der Waals surface area contributed by atoms with Crippen LogP contribution in [0.25, 0.3) is 5.52 Å². The highest BCUT2D eigenvalue weighted by Crippen LogP contribution is 2.24. The monoisotopic (exact) mass is 326 g/mol. The van der Waals surface area contributed by atoms with Gasteiger partial charge in [-0.25, -0.2) is 18.9 Å². The zero-order valence-electron chi connectivity index (χ0n) is 12.7. The molecule has 0 bridgehead atoms. The maximum Gasteiger partial charge on any atom is 0.241 e. The van der Waals surface area contributed by atoms with E-state index in [1.807, 2.05) is 0 Å². The summed E-state index contributed by atoms with van der Waals surface area (Å²) in [5, 5.41) is 11.0. The van der Waals surface area contributed by atoms with Gasteiger partial charge in [0.05, 0.1) is 12.2 Å². The summed E-state index contributed by atoms with van der Waals surface area (Å²) in [6, 6.07) is -0.273. The first-order valence-corrected chi connectivity index (χ1v) is 8.00. The molecule has 2 aromatic heterocycles. The number of nitrogens with one attached hydrogen (secondary N) is 2. The molecule has 0 aliphatic carbocycles. The lowest BCUT2D eigenvalue weighted by Gasteiger charge is -2.27. The Bertz CT molecular complexity index is 660. The Labute approximate surface area is 133 Å². The minimum Gasteiger partial charge on any atom is -0.347 e. The average molecular weight is 327 g/mol. The van der Waals surface area contributed by atoms with Crippen LogP contribution in [-0.2, 0) is 0 Å². The number of anilines is 1. The van der Waals surface area contributed by atoms with Gasteiger partial charge in [-0.1, -0.05) is 25.4 Å². The number of halogens is 2. The molecule has 0 aromatic carbocycles. The maximum atomic E-state index is 13.9. The van der Waals surface area contributed by atoms with Crippen molar-refractivity contribution < 1.29 is 4.39 Å². The molecule has 6 nitrogen and oxygen atoms in total. The van der Waals surface area contributed by atoms with Crippen molar-refractivity contribution in [2.24, 2.45) is 0 Å². The summed E-state index contributed by atoms with van der Waals surface area (Å²) in [4.78, 5) is 8.62. The Kier molecular flexibility index (Phi) is 4.44. The van der Waals surface area contributed by atoms with Crippen molar-refractivity contribution in [3.05, 3.63) is 17.2 Å². The number of rotatable bonds is 4. The number of fused-ring (bicyclic) bond motifs is 1. The molecule has 1 fully saturated rings. The van der Waals surface area contributed by atoms with E-state index in [4.69, 9.17) is 11.6 Å². The van der Waals surface area contributed by atoms with E-state index < -0.39 is 6.17 Å². The topological polar surface area (TPSA) is 67.1 Å². The number of imidazole rings is 1. The van der Waals surface area contributed by atoms with Gasteiger partial charge in [0.1, 0.15) is 17.5 Å². The Morgan fingerprint density at radius 1 is 1.59 bits per heavy atom. The summed E-state index contributed by atoms with van der Waals surface area (Å²) < 4.78 is 15.6. The molecule has 2 N–H and O–H groups in total. The fourth-order valence-corrected chi connectivity index (χ4v) is 2.80. The van der Waals surface area contributed by atoms with Gasteiger partial charge in [0.2, 0.25) is 5.95 Å². The van der Waals surface area contributed by atoms with E-state index in [-0.39, 0.29) is 12.0 Å². The third-order valence-electron chi connectivity index (χ3n) is 4.15. The van der Waals surface area contributed by atoms with Gasteiger partial charge < -0.3 is 10.6 Å². The highest BCUT2D eigenvalue weighted by atomic mass is 35.5. The molecule has 3 heterocycles. The molecule has 0 spiro atoms. The van der Waals surface area contributed by atoms with Crippen LogP contribution in [0.5, 0.6) is 0 Å². The smallest absolute Gasteiger partial charge is 0.241 e. The highest BCUT2D eigenvalue weighted by molar-refractivity contribution is 6.32. The van der Waals surface area contributed by atoms with E-state index in [2.05, 4.69) is 39.5 Å². The van der Waals surface area contributed by atoms with Crippen LogP contribution >= 0.6 is 11.6 Å². The first-order chi connectivity index (χ1) is 10.6. The van der Waals surface area contributed by atoms with Crippen molar-refractivity contribution in [2.75, 3.05) is 18.4 Å². The lowest BCUT2D eigenvalue weighted by molar-refractivity contribution is 0.244. The quantitative estimate of drug-likeness (QED) is 0.903. The van der Waals surface area contributed by atoms with E-state index in [0.717, 1.165) is 18.8 Å². The third-order valence-corrected chi connectivity index (χ3v) is 4.43. The van der Waals surface area contributed by atoms with E-state index >= 15 is 0 Å². The number of hydrogen-bond acceptors (Lipinski definition) is 5. The highest BCUT2D eigenvalue weighted by Gasteiger charge is 2.25. The molecular weight excluding hydrogens is 307 g/mol. The van der Waals surface area contributed by atoms with E-state index in [1.165, 1.54) is 0 Å². The predicted octanol–water partition coefficient (Wildman–Crippen LogP) is 2.40. The van der Waals surface area contributed by atoms with Crippen LogP contribution in [0.4, 0.5) is 10.3 Å². The number of nitrogens with zero attached hydrogens (tertiary/aromatic N) is 4. The number of piperidine rings is 1. The molecule has 0 radical (unpaired) electrons. The van der Waals surface area contributed by atoms with Gasteiger partial charge in [-0.05, 0) is 19.4 Å². The molecule has 3 rings (SSSR count). The molecule has 1 aliphatic heterocycles. The molecule has 8 heteroatoms. The van der Waals surface area contributed by atoms with Crippen LogP contribution in [0.2, 0.25) is 5.15 Å². The Hall–Kier alpha value is -1.47. The zero-order chi connectivity index (χ0) is 15.7. The Morgan fingerprint density at radius 2 is 2.41 bits per heavy atom. The normalized spacial score (nSPS) is 23.6. The maximum absolute atomic E-state index is 13.9. The Morgan fingerprint density at radius 3 is 3.14 bits per heavy atom. The van der Waals surface area contributed by atoms with E-state index in [1.54, 1.807) is 10.7 Å². The van der Waals surface area contributed by atoms with Crippen molar-refractivity contribution in [1.29, 1.82) is 0 Å². The summed E-state index contributed by atoms with van der Waals surface area (Å²) in [6.07, 6.45) is 2.31. The van der Waals surface area contributed by atoms with Crippen LogP contribution in [0.3, 0.4) is 0 Å². The van der Waals surface area contributed by atoms with Gasteiger partial charge in [0.25, 0.3) is 0 Å². The second kappa shape index (κ2) is 6.34. The fourth-order valence-electron chi connectivity index (χ4n) is 2.59. The lowest BCUT2D eigenvalue weighted by atomic mass is 10.1. The van der Waals surface area contributed by atoms with Crippen LogP contribution in [0.15, 0.2) is 6.20 Å². The predicted molar refractivity (Wildman–Crippen MR) is 84.3 cm³/mol. The zero-order valence-corrected chi connectivity index (χ0v) is 13.4. The van der Waals surface area contributed by atoms with Gasteiger partial charge in [0, 0.05) is 12.5 Å². The largest absolute Gasteiger partial charge is 0.347 e. The standard InChI is InChI=1S/C14H20ClFN6/c1-3-8(2)13-20-12(15)11-7-18-14(21-22(11)13)19-10-4-5-17-6-9(10)16/h7-10,17H,3-6H2,1-2H3,(H,19,21)/t8?,9-,10-/m1/s1. The van der Waals surface area contributed by atoms with E-state index in [9.17, 15) is 4.39 Å². The minimum atomic E-state index is -0.951. The molecule has 1 aliphatic rings. The van der Waals surface area contributed by atoms with Crippen LogP contribution < -0.4 is 10.6 Å². The van der Waals surface area contributed by atoms with Crippen molar-refractivity contribution in [2.45, 2.75) is 44.8 Å². The lowest BCUT2D eigenvalue weighted by Crippen LogP contribution is -2.45. The Balaban J connectivity index is 1.91. The average Bonchev–Trinajstić information content (AvgIpc) is 2.85. The number of hydrogen-bond donors (Lipinski definition) is 2. The molecule has 0 saturated carbocycles. The molecule has 1 unspecified atom stereocenters. The van der Waals surface area contributed by atoms with Crippen molar-refractivity contribution in [3.63, 3.8) is 0 Å². The molecule has 2 aromatic rings. The van der Waals surface area contributed by atoms with Gasteiger partial charge in [0.15, 0.2) is 5.15 Å². The summed E-state index contributed by atoms with van der Waals surface area (Å²) in [7, 11) is 0. The van der Waals surface area contributed by atoms with Crippen molar-refractivity contribution >= 4 is 23.1 Å². The molecule has 120 valence electrons. The second-order valence-corrected chi connectivity index (χ2v) is 6.07. The summed E-state index contributed by atoms with van der Waals surface area (Å²) >= 11 is 6.15. The molecular formula is C14H20ClFN6. The van der Waals surface area contributed by atoms with Crippen LogP contribution in [-0.4, -0.2) is 44.9 Å². The van der Waals surface area contributed by atoms with E-state index in [0.29, 0.717) is 29.6 Å². The van der Waals surface area contributed by atoms with Gasteiger partial charge in [-0.15, -0.1) is 5.10 Å². The summed E-state index contributed by atoms with van der Waals surface area (Å²) in [6.45, 7) is 5.30. The second-order valence-electron chi connectivity index (χ2n) is 5.71. The summed E-state index contributed by atoms with van der Waals surface area (Å²) in [5.74, 6) is 1.44. The van der Waals surface area contributed by atoms with Crippen LogP contribution in [0, 0.1) is 0 Å². The number of aromatic nitrogens is 4.